The zero-order valence-electron chi connectivity index (χ0n) is 14.1. The molecule has 1 aliphatic rings. The highest BCUT2D eigenvalue weighted by molar-refractivity contribution is 6.32. The molecule has 0 aliphatic carbocycles. The van der Waals surface area contributed by atoms with Crippen LogP contribution in [0.25, 0.3) is 0 Å². The molecule has 0 radical (unpaired) electrons. The molecule has 0 bridgehead atoms. The fraction of sp³-hybridized carbons (Fsp3) is 0.316. The Bertz CT molecular complexity index is 765. The highest BCUT2D eigenvalue weighted by Gasteiger charge is 2.20. The molecule has 25 heavy (non-hydrogen) atoms. The first-order valence-corrected chi connectivity index (χ1v) is 8.53. The SMILES string of the molecule is C[C@H](Oc1ccccc1Cl)C(=O)N[C@H](C)c1ccc2c(c1)OCCO2. The van der Waals surface area contributed by atoms with Crippen LogP contribution >= 0.6 is 11.6 Å². The van der Waals surface area contributed by atoms with E-state index in [2.05, 4.69) is 5.32 Å². The lowest BCUT2D eigenvalue weighted by atomic mass is 10.1. The normalized spacial score (nSPS) is 15.2. The summed E-state index contributed by atoms with van der Waals surface area (Å²) < 4.78 is 16.7. The number of hydrogen-bond donors (Lipinski definition) is 1. The maximum Gasteiger partial charge on any atom is 0.261 e. The highest BCUT2D eigenvalue weighted by Crippen LogP contribution is 2.32. The second kappa shape index (κ2) is 7.66. The summed E-state index contributed by atoms with van der Waals surface area (Å²) in [5.74, 6) is 1.69. The Morgan fingerprint density at radius 1 is 1.12 bits per heavy atom. The van der Waals surface area contributed by atoms with Crippen LogP contribution in [-0.4, -0.2) is 25.2 Å². The van der Waals surface area contributed by atoms with Gasteiger partial charge in [-0.1, -0.05) is 29.8 Å². The minimum Gasteiger partial charge on any atom is -0.486 e. The van der Waals surface area contributed by atoms with Gasteiger partial charge in [-0.3, -0.25) is 4.79 Å². The maximum atomic E-state index is 12.4. The number of fused-ring (bicyclic) bond motifs is 1. The Morgan fingerprint density at radius 3 is 2.60 bits per heavy atom. The molecule has 1 N–H and O–H groups in total. The number of para-hydroxylation sites is 1. The number of hydrogen-bond acceptors (Lipinski definition) is 4. The lowest BCUT2D eigenvalue weighted by Crippen LogP contribution is -2.37. The Balaban J connectivity index is 1.63. The lowest BCUT2D eigenvalue weighted by Gasteiger charge is -2.22. The molecule has 2 atom stereocenters. The molecule has 5 nitrogen and oxygen atoms in total. The molecule has 0 fully saturated rings. The van der Waals surface area contributed by atoms with Gasteiger partial charge in [0.25, 0.3) is 5.91 Å². The fourth-order valence-electron chi connectivity index (χ4n) is 2.53. The number of carbonyl (C=O) groups is 1. The van der Waals surface area contributed by atoms with Crippen LogP contribution in [0.15, 0.2) is 42.5 Å². The van der Waals surface area contributed by atoms with Gasteiger partial charge in [0, 0.05) is 0 Å². The first-order chi connectivity index (χ1) is 12.0. The molecule has 3 rings (SSSR count). The third kappa shape index (κ3) is 4.17. The van der Waals surface area contributed by atoms with E-state index in [1.54, 1.807) is 19.1 Å². The van der Waals surface area contributed by atoms with E-state index in [4.69, 9.17) is 25.8 Å². The monoisotopic (exact) mass is 361 g/mol. The smallest absolute Gasteiger partial charge is 0.261 e. The van der Waals surface area contributed by atoms with Gasteiger partial charge >= 0.3 is 0 Å². The van der Waals surface area contributed by atoms with Gasteiger partial charge in [-0.15, -0.1) is 0 Å². The van der Waals surface area contributed by atoms with Crippen molar-refractivity contribution in [2.24, 2.45) is 0 Å². The zero-order chi connectivity index (χ0) is 17.8. The quantitative estimate of drug-likeness (QED) is 0.881. The van der Waals surface area contributed by atoms with Gasteiger partial charge in [0.05, 0.1) is 11.1 Å². The molecule has 1 aliphatic heterocycles. The topological polar surface area (TPSA) is 56.8 Å². The van der Waals surface area contributed by atoms with E-state index >= 15 is 0 Å². The zero-order valence-corrected chi connectivity index (χ0v) is 14.9. The summed E-state index contributed by atoms with van der Waals surface area (Å²) in [6.07, 6.45) is -0.667. The van der Waals surface area contributed by atoms with Gasteiger partial charge in [-0.05, 0) is 43.7 Å². The first-order valence-electron chi connectivity index (χ1n) is 8.15. The van der Waals surface area contributed by atoms with Gasteiger partial charge in [0.15, 0.2) is 17.6 Å². The van der Waals surface area contributed by atoms with Crippen LogP contribution < -0.4 is 19.5 Å². The van der Waals surface area contributed by atoms with E-state index in [9.17, 15) is 4.79 Å². The highest BCUT2D eigenvalue weighted by atomic mass is 35.5. The number of halogens is 1. The number of carbonyl (C=O) groups excluding carboxylic acids is 1. The van der Waals surface area contributed by atoms with Crippen molar-refractivity contribution in [3.05, 3.63) is 53.1 Å². The predicted molar refractivity (Wildman–Crippen MR) is 95.5 cm³/mol. The molecule has 132 valence electrons. The van der Waals surface area contributed by atoms with Crippen LogP contribution in [0.1, 0.15) is 25.5 Å². The largest absolute Gasteiger partial charge is 0.486 e. The number of benzene rings is 2. The van der Waals surface area contributed by atoms with Gasteiger partial charge in [-0.25, -0.2) is 0 Å². The van der Waals surface area contributed by atoms with Crippen LogP contribution in [0.3, 0.4) is 0 Å². The second-order valence-corrected chi connectivity index (χ2v) is 6.23. The molecule has 0 saturated heterocycles. The summed E-state index contributed by atoms with van der Waals surface area (Å²) in [6, 6.07) is 12.5. The molecule has 2 aromatic rings. The molecule has 2 aromatic carbocycles. The number of amides is 1. The van der Waals surface area contributed by atoms with Crippen molar-refractivity contribution < 1.29 is 19.0 Å². The average Bonchev–Trinajstić information content (AvgIpc) is 2.63. The van der Waals surface area contributed by atoms with Crippen molar-refractivity contribution in [1.29, 1.82) is 0 Å². The van der Waals surface area contributed by atoms with Gasteiger partial charge < -0.3 is 19.5 Å². The number of rotatable bonds is 5. The Kier molecular flexibility index (Phi) is 5.34. The van der Waals surface area contributed by atoms with Gasteiger partial charge in [-0.2, -0.15) is 0 Å². The molecular weight excluding hydrogens is 342 g/mol. The van der Waals surface area contributed by atoms with E-state index in [0.717, 1.165) is 11.3 Å². The van der Waals surface area contributed by atoms with E-state index in [-0.39, 0.29) is 11.9 Å². The lowest BCUT2D eigenvalue weighted by molar-refractivity contribution is -0.127. The standard InChI is InChI=1S/C19H20ClNO4/c1-12(14-7-8-17-18(11-14)24-10-9-23-17)21-19(22)13(2)25-16-6-4-3-5-15(16)20/h3-8,11-13H,9-10H2,1-2H3,(H,21,22)/t12-,13+/m1/s1. The first kappa shape index (κ1) is 17.4. The van der Waals surface area contributed by atoms with Crippen LogP contribution in [0.4, 0.5) is 0 Å². The molecule has 1 heterocycles. The van der Waals surface area contributed by atoms with Crippen molar-refractivity contribution in [2.75, 3.05) is 13.2 Å². The molecule has 0 aromatic heterocycles. The summed E-state index contributed by atoms with van der Waals surface area (Å²) in [5, 5.41) is 3.41. The van der Waals surface area contributed by atoms with E-state index in [1.165, 1.54) is 0 Å². The fourth-order valence-corrected chi connectivity index (χ4v) is 2.71. The molecule has 0 spiro atoms. The average molecular weight is 362 g/mol. The summed E-state index contributed by atoms with van der Waals surface area (Å²) in [7, 11) is 0. The van der Waals surface area contributed by atoms with E-state index in [0.29, 0.717) is 29.7 Å². The molecule has 0 saturated carbocycles. The Morgan fingerprint density at radius 2 is 1.84 bits per heavy atom. The number of nitrogens with one attached hydrogen (secondary N) is 1. The van der Waals surface area contributed by atoms with Crippen molar-refractivity contribution in [2.45, 2.75) is 26.0 Å². The van der Waals surface area contributed by atoms with Gasteiger partial charge in [0.2, 0.25) is 0 Å². The van der Waals surface area contributed by atoms with E-state index in [1.807, 2.05) is 37.3 Å². The maximum absolute atomic E-state index is 12.4. The molecular formula is C19H20ClNO4. The molecule has 1 amide bonds. The van der Waals surface area contributed by atoms with Crippen LogP contribution in [0.5, 0.6) is 17.2 Å². The summed E-state index contributed by atoms with van der Waals surface area (Å²) >= 11 is 6.06. The van der Waals surface area contributed by atoms with Crippen molar-refractivity contribution >= 4 is 17.5 Å². The van der Waals surface area contributed by atoms with Crippen molar-refractivity contribution in [3.8, 4) is 17.2 Å². The van der Waals surface area contributed by atoms with Gasteiger partial charge in [0.1, 0.15) is 19.0 Å². The summed E-state index contributed by atoms with van der Waals surface area (Å²) in [6.45, 7) is 4.68. The molecule has 0 unspecified atom stereocenters. The Labute approximate surface area is 151 Å². The molecule has 6 heteroatoms. The third-order valence-electron chi connectivity index (χ3n) is 3.93. The van der Waals surface area contributed by atoms with Crippen LogP contribution in [-0.2, 0) is 4.79 Å². The van der Waals surface area contributed by atoms with Crippen molar-refractivity contribution in [1.82, 2.24) is 5.32 Å². The summed E-state index contributed by atoms with van der Waals surface area (Å²) in [4.78, 5) is 12.4. The minimum atomic E-state index is -0.667. The summed E-state index contributed by atoms with van der Waals surface area (Å²) in [5.41, 5.74) is 0.933. The second-order valence-electron chi connectivity index (χ2n) is 5.82. The predicted octanol–water partition coefficient (Wildman–Crippen LogP) is 3.76. The number of ether oxygens (including phenoxy) is 3. The minimum absolute atomic E-state index is 0.194. The Hall–Kier alpha value is -2.40. The van der Waals surface area contributed by atoms with E-state index < -0.39 is 6.10 Å². The van der Waals surface area contributed by atoms with Crippen molar-refractivity contribution in [3.63, 3.8) is 0 Å². The van der Waals surface area contributed by atoms with Crippen LogP contribution in [0.2, 0.25) is 5.02 Å². The third-order valence-corrected chi connectivity index (χ3v) is 4.25. The van der Waals surface area contributed by atoms with Crippen LogP contribution in [0, 0.1) is 0 Å².